The Morgan fingerprint density at radius 2 is 2.15 bits per heavy atom. The van der Waals surface area contributed by atoms with E-state index in [2.05, 4.69) is 5.32 Å². The van der Waals surface area contributed by atoms with Crippen molar-refractivity contribution < 1.29 is 8.42 Å². The Balaban J connectivity index is 2.04. The maximum absolute atomic E-state index is 12.4. The third kappa shape index (κ3) is 3.67. The van der Waals surface area contributed by atoms with Crippen molar-refractivity contribution in [3.05, 3.63) is 39.4 Å². The van der Waals surface area contributed by atoms with E-state index in [0.29, 0.717) is 17.3 Å². The summed E-state index contributed by atoms with van der Waals surface area (Å²) >= 11 is 2.94. The molecule has 0 atom stereocenters. The second kappa shape index (κ2) is 6.82. The second-order valence-corrected chi connectivity index (χ2v) is 8.68. The molecule has 2 aromatic heterocycles. The fourth-order valence-corrected chi connectivity index (χ4v) is 5.07. The largest absolute Gasteiger partial charge is 0.316 e. The summed E-state index contributed by atoms with van der Waals surface area (Å²) in [6.45, 7) is 1.19. The minimum Gasteiger partial charge on any atom is -0.316 e. The maximum atomic E-state index is 12.4. The lowest BCUT2D eigenvalue weighted by Crippen LogP contribution is -2.28. The molecule has 20 heavy (non-hydrogen) atoms. The van der Waals surface area contributed by atoms with E-state index in [0.717, 1.165) is 12.0 Å². The van der Waals surface area contributed by atoms with Crippen LogP contribution in [-0.2, 0) is 23.0 Å². The second-order valence-electron chi connectivity index (χ2n) is 4.46. The third-order valence-corrected chi connectivity index (χ3v) is 7.19. The van der Waals surface area contributed by atoms with Crippen molar-refractivity contribution in [2.45, 2.75) is 17.2 Å². The summed E-state index contributed by atoms with van der Waals surface area (Å²) in [5.41, 5.74) is 1.00. The summed E-state index contributed by atoms with van der Waals surface area (Å²) in [7, 11) is 0.125. The van der Waals surface area contributed by atoms with Gasteiger partial charge in [-0.3, -0.25) is 0 Å². The number of likely N-dealkylation sites (N-methyl/N-ethyl adjacent to an activating group) is 1. The lowest BCUT2D eigenvalue weighted by Gasteiger charge is -2.15. The highest BCUT2D eigenvalue weighted by molar-refractivity contribution is 7.91. The van der Waals surface area contributed by atoms with Crippen LogP contribution in [0.5, 0.6) is 0 Å². The first-order chi connectivity index (χ1) is 9.54. The van der Waals surface area contributed by atoms with Gasteiger partial charge in [-0.25, -0.2) is 8.42 Å². The van der Waals surface area contributed by atoms with Gasteiger partial charge in [0, 0.05) is 25.0 Å². The average molecular weight is 330 g/mol. The molecule has 0 aliphatic rings. The first kappa shape index (κ1) is 15.7. The van der Waals surface area contributed by atoms with Crippen LogP contribution in [0.4, 0.5) is 0 Å². The summed E-state index contributed by atoms with van der Waals surface area (Å²) in [6.07, 6.45) is 0.752. The zero-order chi connectivity index (χ0) is 14.6. The molecule has 2 rings (SSSR count). The molecule has 0 spiro atoms. The van der Waals surface area contributed by atoms with Crippen LogP contribution in [0.2, 0.25) is 0 Å². The number of hydrogen-bond acceptors (Lipinski definition) is 5. The van der Waals surface area contributed by atoms with E-state index in [1.54, 1.807) is 24.5 Å². The molecule has 0 aromatic carbocycles. The molecule has 1 N–H and O–H groups in total. The van der Waals surface area contributed by atoms with E-state index < -0.39 is 10.0 Å². The summed E-state index contributed by atoms with van der Waals surface area (Å²) in [5, 5.41) is 6.91. The molecule has 4 nitrogen and oxygen atoms in total. The van der Waals surface area contributed by atoms with Crippen LogP contribution in [0, 0.1) is 0 Å². The van der Waals surface area contributed by atoms with E-state index in [4.69, 9.17) is 0 Å². The van der Waals surface area contributed by atoms with Gasteiger partial charge in [-0.15, -0.1) is 22.7 Å². The molecular formula is C13H18N2O2S3. The molecule has 0 saturated carbocycles. The molecule has 0 aliphatic heterocycles. The van der Waals surface area contributed by atoms with Crippen LogP contribution in [-0.4, -0.2) is 33.4 Å². The van der Waals surface area contributed by atoms with Crippen LogP contribution in [0.15, 0.2) is 33.2 Å². The Labute approximate surface area is 128 Å². The minimum atomic E-state index is -3.36. The van der Waals surface area contributed by atoms with Crippen LogP contribution >= 0.6 is 22.7 Å². The van der Waals surface area contributed by atoms with Crippen molar-refractivity contribution in [1.29, 1.82) is 0 Å². The molecule has 7 heteroatoms. The van der Waals surface area contributed by atoms with Gasteiger partial charge >= 0.3 is 0 Å². The van der Waals surface area contributed by atoms with Gasteiger partial charge in [0.1, 0.15) is 4.21 Å². The zero-order valence-electron chi connectivity index (χ0n) is 11.5. The summed E-state index contributed by atoms with van der Waals surface area (Å²) in [6, 6.07) is 5.76. The summed E-state index contributed by atoms with van der Waals surface area (Å²) in [5.74, 6) is 0. The van der Waals surface area contributed by atoms with Gasteiger partial charge in [0.05, 0.1) is 0 Å². The van der Waals surface area contributed by atoms with Crippen LogP contribution in [0.3, 0.4) is 0 Å². The molecule has 2 aromatic rings. The Kier molecular flexibility index (Phi) is 5.34. The van der Waals surface area contributed by atoms with Gasteiger partial charge in [0.25, 0.3) is 10.0 Å². The molecule has 0 amide bonds. The third-order valence-electron chi connectivity index (χ3n) is 2.93. The fraction of sp³-hybridized carbons (Fsp3) is 0.385. The minimum absolute atomic E-state index is 0.413. The average Bonchev–Trinajstić information content (AvgIpc) is 3.07. The molecule has 0 saturated heterocycles. The number of sulfonamides is 1. The molecular weight excluding hydrogens is 312 g/mol. The van der Waals surface area contributed by atoms with Crippen LogP contribution in [0.1, 0.15) is 10.4 Å². The van der Waals surface area contributed by atoms with E-state index in [-0.39, 0.29) is 0 Å². The van der Waals surface area contributed by atoms with Gasteiger partial charge in [0.2, 0.25) is 0 Å². The number of thiophene rings is 2. The van der Waals surface area contributed by atoms with Crippen molar-refractivity contribution in [1.82, 2.24) is 9.62 Å². The highest BCUT2D eigenvalue weighted by atomic mass is 32.2. The van der Waals surface area contributed by atoms with Crippen molar-refractivity contribution >= 4 is 32.7 Å². The van der Waals surface area contributed by atoms with E-state index in [9.17, 15) is 8.42 Å². The highest BCUT2D eigenvalue weighted by Crippen LogP contribution is 2.23. The van der Waals surface area contributed by atoms with Crippen molar-refractivity contribution in [3.8, 4) is 0 Å². The Bertz CT molecular complexity index is 632. The Morgan fingerprint density at radius 3 is 2.80 bits per heavy atom. The lowest BCUT2D eigenvalue weighted by molar-refractivity contribution is 0.475. The lowest BCUT2D eigenvalue weighted by atomic mass is 10.3. The monoisotopic (exact) mass is 330 g/mol. The molecule has 2 heterocycles. The van der Waals surface area contributed by atoms with Crippen molar-refractivity contribution in [3.63, 3.8) is 0 Å². The van der Waals surface area contributed by atoms with Crippen molar-refractivity contribution in [2.24, 2.45) is 0 Å². The first-order valence-electron chi connectivity index (χ1n) is 6.25. The van der Waals surface area contributed by atoms with E-state index >= 15 is 0 Å². The SMILES string of the molecule is CNCc1csc(S(=O)(=O)N(C)CCc2cccs2)c1. The number of nitrogens with zero attached hydrogens (tertiary/aromatic N) is 1. The maximum Gasteiger partial charge on any atom is 0.252 e. The Hall–Kier alpha value is -0.730. The molecule has 0 bridgehead atoms. The smallest absolute Gasteiger partial charge is 0.252 e. The van der Waals surface area contributed by atoms with Gasteiger partial charge in [0.15, 0.2) is 0 Å². The van der Waals surface area contributed by atoms with Gasteiger partial charge in [-0.1, -0.05) is 6.07 Å². The van der Waals surface area contributed by atoms with E-state index in [1.807, 2.05) is 29.9 Å². The molecule has 110 valence electrons. The molecule has 0 unspecified atom stereocenters. The number of rotatable bonds is 7. The van der Waals surface area contributed by atoms with Gasteiger partial charge < -0.3 is 5.32 Å². The first-order valence-corrected chi connectivity index (χ1v) is 9.44. The fourth-order valence-electron chi connectivity index (χ4n) is 1.78. The number of nitrogens with one attached hydrogen (secondary N) is 1. The topological polar surface area (TPSA) is 49.4 Å². The number of hydrogen-bond donors (Lipinski definition) is 1. The predicted octanol–water partition coefficient (Wildman–Crippen LogP) is 2.39. The zero-order valence-corrected chi connectivity index (χ0v) is 13.9. The van der Waals surface area contributed by atoms with Crippen LogP contribution in [0.25, 0.3) is 0 Å². The standard InChI is InChI=1S/C13H18N2O2S3/c1-14-9-11-8-13(19-10-11)20(16,17)15(2)6-5-12-4-3-7-18-12/h3-4,7-8,10,14H,5-6,9H2,1-2H3. The quantitative estimate of drug-likeness (QED) is 0.848. The van der Waals surface area contributed by atoms with Gasteiger partial charge in [-0.2, -0.15) is 4.31 Å². The molecule has 0 aliphatic carbocycles. The normalized spacial score (nSPS) is 12.2. The molecule has 0 radical (unpaired) electrons. The molecule has 0 fully saturated rings. The van der Waals surface area contributed by atoms with Gasteiger partial charge in [-0.05, 0) is 41.9 Å². The van der Waals surface area contributed by atoms with Crippen molar-refractivity contribution in [2.75, 3.05) is 20.6 Å². The predicted molar refractivity (Wildman–Crippen MR) is 84.9 cm³/mol. The Morgan fingerprint density at radius 1 is 1.35 bits per heavy atom. The summed E-state index contributed by atoms with van der Waals surface area (Å²) < 4.78 is 26.7. The van der Waals surface area contributed by atoms with E-state index in [1.165, 1.54) is 20.5 Å². The summed E-state index contributed by atoms with van der Waals surface area (Å²) in [4.78, 5) is 1.20. The highest BCUT2D eigenvalue weighted by Gasteiger charge is 2.22. The van der Waals surface area contributed by atoms with Crippen LogP contribution < -0.4 is 5.32 Å².